The van der Waals surface area contributed by atoms with E-state index in [1.54, 1.807) is 30.5 Å². The lowest BCUT2D eigenvalue weighted by Gasteiger charge is -2.10. The van der Waals surface area contributed by atoms with Crippen molar-refractivity contribution < 1.29 is 13.2 Å². The molecule has 7 heteroatoms. The lowest BCUT2D eigenvalue weighted by atomic mass is 10.1. The maximum absolute atomic E-state index is 12.4. The van der Waals surface area contributed by atoms with Gasteiger partial charge in [0.25, 0.3) is 0 Å². The van der Waals surface area contributed by atoms with Crippen LogP contribution < -0.4 is 5.32 Å². The Kier molecular flexibility index (Phi) is 3.62. The summed E-state index contributed by atoms with van der Waals surface area (Å²) >= 11 is 0. The van der Waals surface area contributed by atoms with E-state index in [-0.39, 0.29) is 5.56 Å². The summed E-state index contributed by atoms with van der Waals surface area (Å²) in [6.45, 7) is 0. The summed E-state index contributed by atoms with van der Waals surface area (Å²) in [5.74, 6) is 0.497. The van der Waals surface area contributed by atoms with Gasteiger partial charge in [0.1, 0.15) is 11.3 Å². The molecule has 0 amide bonds. The average Bonchev–Trinajstić information content (AvgIpc) is 2.46. The first kappa shape index (κ1) is 14.2. The SMILES string of the molecule is FC(F)(F)Cc1cccc(Nc2ccc3nccnc3n2)c1. The fourth-order valence-corrected chi connectivity index (χ4v) is 2.06. The Bertz CT molecular complexity index is 802. The third-order valence-electron chi connectivity index (χ3n) is 2.94. The van der Waals surface area contributed by atoms with Crippen LogP contribution in [0.25, 0.3) is 11.2 Å². The van der Waals surface area contributed by atoms with E-state index < -0.39 is 12.6 Å². The van der Waals surface area contributed by atoms with E-state index in [0.29, 0.717) is 22.7 Å². The van der Waals surface area contributed by atoms with Gasteiger partial charge in [-0.2, -0.15) is 13.2 Å². The van der Waals surface area contributed by atoms with Crippen molar-refractivity contribution in [2.24, 2.45) is 0 Å². The number of aromatic nitrogens is 3. The average molecular weight is 304 g/mol. The predicted molar refractivity (Wildman–Crippen MR) is 76.8 cm³/mol. The van der Waals surface area contributed by atoms with Crippen LogP contribution in [0.1, 0.15) is 5.56 Å². The number of rotatable bonds is 3. The van der Waals surface area contributed by atoms with Crippen LogP contribution in [-0.4, -0.2) is 21.1 Å². The highest BCUT2D eigenvalue weighted by Crippen LogP contribution is 2.24. The first-order valence-electron chi connectivity index (χ1n) is 6.50. The Hall–Kier alpha value is -2.70. The number of pyridine rings is 1. The molecular weight excluding hydrogens is 293 g/mol. The predicted octanol–water partition coefficient (Wildman–Crippen LogP) is 3.87. The van der Waals surface area contributed by atoms with Crippen LogP contribution in [-0.2, 0) is 6.42 Å². The second-order valence-electron chi connectivity index (χ2n) is 4.71. The maximum atomic E-state index is 12.4. The Morgan fingerprint density at radius 2 is 1.82 bits per heavy atom. The second kappa shape index (κ2) is 5.59. The molecule has 1 N–H and O–H groups in total. The van der Waals surface area contributed by atoms with E-state index >= 15 is 0 Å². The Morgan fingerprint density at radius 1 is 1.00 bits per heavy atom. The van der Waals surface area contributed by atoms with Gasteiger partial charge in [0, 0.05) is 18.1 Å². The fraction of sp³-hybridized carbons (Fsp3) is 0.133. The molecule has 2 aromatic heterocycles. The van der Waals surface area contributed by atoms with Crippen molar-refractivity contribution in [1.29, 1.82) is 0 Å². The Labute approximate surface area is 124 Å². The Balaban J connectivity index is 1.83. The summed E-state index contributed by atoms with van der Waals surface area (Å²) in [6, 6.07) is 9.60. The minimum absolute atomic E-state index is 0.193. The number of benzene rings is 1. The minimum atomic E-state index is -4.23. The summed E-state index contributed by atoms with van der Waals surface area (Å²) in [5, 5.41) is 2.98. The highest BCUT2D eigenvalue weighted by Gasteiger charge is 2.27. The second-order valence-corrected chi connectivity index (χ2v) is 4.71. The molecule has 22 heavy (non-hydrogen) atoms. The molecule has 1 aromatic carbocycles. The van der Waals surface area contributed by atoms with Gasteiger partial charge in [-0.25, -0.2) is 9.97 Å². The number of fused-ring (bicyclic) bond motifs is 1. The zero-order valence-electron chi connectivity index (χ0n) is 11.3. The normalized spacial score (nSPS) is 11.6. The quantitative estimate of drug-likeness (QED) is 0.798. The zero-order chi connectivity index (χ0) is 15.6. The number of hydrogen-bond acceptors (Lipinski definition) is 4. The molecule has 0 aliphatic carbocycles. The van der Waals surface area contributed by atoms with Gasteiger partial charge in [0.2, 0.25) is 0 Å². The van der Waals surface area contributed by atoms with Crippen molar-refractivity contribution in [3.05, 3.63) is 54.4 Å². The van der Waals surface area contributed by atoms with Crippen LogP contribution in [0.4, 0.5) is 24.7 Å². The summed E-state index contributed by atoms with van der Waals surface area (Å²) in [5.41, 5.74) is 1.85. The molecule has 3 aromatic rings. The summed E-state index contributed by atoms with van der Waals surface area (Å²) in [6.07, 6.45) is -2.09. The van der Waals surface area contributed by atoms with Crippen LogP contribution in [0.5, 0.6) is 0 Å². The van der Waals surface area contributed by atoms with Gasteiger partial charge >= 0.3 is 6.18 Å². The molecule has 0 radical (unpaired) electrons. The molecule has 4 nitrogen and oxygen atoms in total. The number of hydrogen-bond donors (Lipinski definition) is 1. The molecule has 0 aliphatic rings. The number of halogens is 3. The largest absolute Gasteiger partial charge is 0.393 e. The molecule has 112 valence electrons. The van der Waals surface area contributed by atoms with Crippen molar-refractivity contribution in [2.75, 3.05) is 5.32 Å². The molecular formula is C15H11F3N4. The van der Waals surface area contributed by atoms with E-state index in [4.69, 9.17) is 0 Å². The van der Waals surface area contributed by atoms with Gasteiger partial charge in [-0.1, -0.05) is 12.1 Å². The van der Waals surface area contributed by atoms with Crippen LogP contribution in [0.3, 0.4) is 0 Å². The summed E-state index contributed by atoms with van der Waals surface area (Å²) in [7, 11) is 0. The molecule has 0 aliphatic heterocycles. The van der Waals surface area contributed by atoms with Crippen molar-refractivity contribution in [3.8, 4) is 0 Å². The van der Waals surface area contributed by atoms with Crippen molar-refractivity contribution in [2.45, 2.75) is 12.6 Å². The first-order valence-corrected chi connectivity index (χ1v) is 6.50. The zero-order valence-corrected chi connectivity index (χ0v) is 11.3. The number of anilines is 2. The van der Waals surface area contributed by atoms with Crippen molar-refractivity contribution in [1.82, 2.24) is 15.0 Å². The van der Waals surface area contributed by atoms with E-state index in [1.165, 1.54) is 18.3 Å². The molecule has 3 rings (SSSR count). The third kappa shape index (κ3) is 3.49. The summed E-state index contributed by atoms with van der Waals surface area (Å²) in [4.78, 5) is 12.5. The van der Waals surface area contributed by atoms with Crippen LogP contribution >= 0.6 is 0 Å². The molecule has 0 saturated carbocycles. The van der Waals surface area contributed by atoms with Gasteiger partial charge < -0.3 is 5.32 Å². The monoisotopic (exact) mass is 304 g/mol. The van der Waals surface area contributed by atoms with Crippen molar-refractivity contribution in [3.63, 3.8) is 0 Å². The molecule has 0 atom stereocenters. The number of alkyl halides is 3. The van der Waals surface area contributed by atoms with Gasteiger partial charge in [0.15, 0.2) is 5.65 Å². The highest BCUT2D eigenvalue weighted by molar-refractivity contribution is 5.72. The van der Waals surface area contributed by atoms with Crippen LogP contribution in [0.15, 0.2) is 48.8 Å². The van der Waals surface area contributed by atoms with E-state index in [0.717, 1.165) is 0 Å². The highest BCUT2D eigenvalue weighted by atomic mass is 19.4. The van der Waals surface area contributed by atoms with Gasteiger partial charge in [-0.05, 0) is 29.8 Å². The number of nitrogens with zero attached hydrogens (tertiary/aromatic N) is 3. The minimum Gasteiger partial charge on any atom is -0.340 e. The van der Waals surface area contributed by atoms with E-state index in [1.807, 2.05) is 0 Å². The van der Waals surface area contributed by atoms with Gasteiger partial charge in [-0.3, -0.25) is 4.98 Å². The molecule has 0 fully saturated rings. The first-order chi connectivity index (χ1) is 10.5. The smallest absolute Gasteiger partial charge is 0.340 e. The number of nitrogens with one attached hydrogen (secondary N) is 1. The lowest BCUT2D eigenvalue weighted by molar-refractivity contribution is -0.127. The molecule has 0 bridgehead atoms. The Morgan fingerprint density at radius 3 is 2.64 bits per heavy atom. The van der Waals surface area contributed by atoms with Crippen LogP contribution in [0.2, 0.25) is 0 Å². The van der Waals surface area contributed by atoms with Crippen molar-refractivity contribution >= 4 is 22.7 Å². The van der Waals surface area contributed by atoms with Crippen LogP contribution in [0, 0.1) is 0 Å². The third-order valence-corrected chi connectivity index (χ3v) is 2.94. The molecule has 0 spiro atoms. The molecule has 0 unspecified atom stereocenters. The topological polar surface area (TPSA) is 50.7 Å². The summed E-state index contributed by atoms with van der Waals surface area (Å²) < 4.78 is 37.3. The maximum Gasteiger partial charge on any atom is 0.393 e. The van der Waals surface area contributed by atoms with E-state index in [9.17, 15) is 13.2 Å². The standard InChI is InChI=1S/C15H11F3N4/c16-15(17,18)9-10-2-1-3-11(8-10)21-13-5-4-12-14(22-13)20-7-6-19-12/h1-8H,9H2,(H,20,21,22). The van der Waals surface area contributed by atoms with Gasteiger partial charge in [-0.15, -0.1) is 0 Å². The van der Waals surface area contributed by atoms with E-state index in [2.05, 4.69) is 20.3 Å². The lowest BCUT2D eigenvalue weighted by Crippen LogP contribution is -2.11. The fourth-order valence-electron chi connectivity index (χ4n) is 2.06. The molecule has 0 saturated heterocycles. The molecule has 2 heterocycles. The van der Waals surface area contributed by atoms with Gasteiger partial charge in [0.05, 0.1) is 6.42 Å².